The lowest BCUT2D eigenvalue weighted by atomic mass is 10.1. The number of amides is 1. The first-order valence-corrected chi connectivity index (χ1v) is 9.75. The molecule has 3 aromatic carbocycles. The van der Waals surface area contributed by atoms with Crippen LogP contribution in [0.3, 0.4) is 0 Å². The molecule has 158 valence electrons. The molecule has 0 aliphatic carbocycles. The maximum atomic E-state index is 13.2. The van der Waals surface area contributed by atoms with Crippen molar-refractivity contribution < 1.29 is 18.7 Å². The Hall–Kier alpha value is -3.87. The van der Waals surface area contributed by atoms with E-state index in [1.165, 1.54) is 12.1 Å². The summed E-state index contributed by atoms with van der Waals surface area (Å²) < 4.78 is 23.7. The maximum Gasteiger partial charge on any atom is 0.271 e. The second-order valence-electron chi connectivity index (χ2n) is 7.13. The fourth-order valence-electron chi connectivity index (χ4n) is 3.53. The van der Waals surface area contributed by atoms with Gasteiger partial charge in [0.15, 0.2) is 11.5 Å². The first kappa shape index (κ1) is 20.4. The fourth-order valence-corrected chi connectivity index (χ4v) is 3.53. The number of ether oxygens (including phenoxy) is 2. The molecule has 0 radical (unpaired) electrons. The number of anilines is 1. The van der Waals surface area contributed by atoms with E-state index in [1.807, 2.05) is 18.2 Å². The molecule has 4 rings (SSSR count). The van der Waals surface area contributed by atoms with E-state index >= 15 is 0 Å². The molecule has 1 N–H and O–H groups in total. The van der Waals surface area contributed by atoms with Crippen LogP contribution in [0.4, 0.5) is 10.1 Å². The Balaban J connectivity index is 1.41. The normalized spacial score (nSPS) is 12.7. The van der Waals surface area contributed by atoms with E-state index in [2.05, 4.69) is 15.4 Å². The molecular weight excluding hydrogens is 397 g/mol. The summed E-state index contributed by atoms with van der Waals surface area (Å²) in [4.78, 5) is 14.7. The van der Waals surface area contributed by atoms with Gasteiger partial charge in [0, 0.05) is 24.3 Å². The van der Waals surface area contributed by atoms with Gasteiger partial charge in [0.1, 0.15) is 5.82 Å². The minimum absolute atomic E-state index is 0.256. The summed E-state index contributed by atoms with van der Waals surface area (Å²) in [5.74, 6) is 0.659. The molecule has 0 unspecified atom stereocenters. The number of hydrazone groups is 1. The van der Waals surface area contributed by atoms with Gasteiger partial charge in [-0.3, -0.25) is 4.79 Å². The summed E-state index contributed by atoms with van der Waals surface area (Å²) in [7, 11) is 3.13. The van der Waals surface area contributed by atoms with Crippen LogP contribution < -0.4 is 19.8 Å². The summed E-state index contributed by atoms with van der Waals surface area (Å²) in [6.07, 6.45) is 1.55. The third-order valence-corrected chi connectivity index (χ3v) is 5.17. The van der Waals surface area contributed by atoms with E-state index in [4.69, 9.17) is 9.47 Å². The van der Waals surface area contributed by atoms with Crippen molar-refractivity contribution in [3.8, 4) is 11.5 Å². The third kappa shape index (κ3) is 4.50. The highest BCUT2D eigenvalue weighted by Gasteiger charge is 2.20. The van der Waals surface area contributed by atoms with Gasteiger partial charge in [0.2, 0.25) is 0 Å². The number of halogens is 1. The number of nitrogens with one attached hydrogen (secondary N) is 1. The Morgan fingerprint density at radius 1 is 0.968 bits per heavy atom. The van der Waals surface area contributed by atoms with Gasteiger partial charge in [0.25, 0.3) is 5.91 Å². The molecule has 0 bridgehead atoms. The lowest BCUT2D eigenvalue weighted by Crippen LogP contribution is -2.18. The van der Waals surface area contributed by atoms with Gasteiger partial charge in [0.05, 0.1) is 20.4 Å². The standard InChI is InChI=1S/C24H22FN3O3/c1-30-22-10-3-16(11-23(22)31-2)13-26-27-24(29)17-4-5-18-14-28(15-19(18)12-17)21-8-6-20(25)7-9-21/h3-13H,14-15H2,1-2H3,(H,27,29)/b26-13+. The molecule has 0 saturated carbocycles. The van der Waals surface area contributed by atoms with Crippen LogP contribution in [-0.4, -0.2) is 26.3 Å². The zero-order chi connectivity index (χ0) is 21.8. The van der Waals surface area contributed by atoms with Crippen molar-refractivity contribution in [3.05, 3.63) is 88.7 Å². The zero-order valence-corrected chi connectivity index (χ0v) is 17.3. The van der Waals surface area contributed by atoms with Crippen LogP contribution in [0.5, 0.6) is 11.5 Å². The van der Waals surface area contributed by atoms with Gasteiger partial charge < -0.3 is 14.4 Å². The Morgan fingerprint density at radius 3 is 2.45 bits per heavy atom. The van der Waals surface area contributed by atoms with E-state index < -0.39 is 0 Å². The first-order chi connectivity index (χ1) is 15.1. The Kier molecular flexibility index (Phi) is 5.84. The summed E-state index contributed by atoms with van der Waals surface area (Å²) in [5, 5.41) is 4.05. The van der Waals surface area contributed by atoms with E-state index in [-0.39, 0.29) is 11.7 Å². The smallest absolute Gasteiger partial charge is 0.271 e. The van der Waals surface area contributed by atoms with Crippen molar-refractivity contribution in [3.63, 3.8) is 0 Å². The molecule has 1 aliphatic rings. The molecule has 1 heterocycles. The molecule has 3 aromatic rings. The largest absolute Gasteiger partial charge is 0.493 e. The minimum atomic E-state index is -0.292. The van der Waals surface area contributed by atoms with Crippen molar-refractivity contribution in [2.75, 3.05) is 19.1 Å². The van der Waals surface area contributed by atoms with Crippen LogP contribution in [-0.2, 0) is 13.1 Å². The van der Waals surface area contributed by atoms with E-state index in [0.717, 1.165) is 28.9 Å². The molecule has 7 heteroatoms. The Morgan fingerprint density at radius 2 is 1.71 bits per heavy atom. The predicted octanol–water partition coefficient (Wildman–Crippen LogP) is 4.13. The molecule has 0 fully saturated rings. The van der Waals surface area contributed by atoms with Gasteiger partial charge in [-0.2, -0.15) is 5.10 Å². The second-order valence-corrected chi connectivity index (χ2v) is 7.13. The monoisotopic (exact) mass is 419 g/mol. The summed E-state index contributed by atoms with van der Waals surface area (Å²) >= 11 is 0. The molecule has 6 nitrogen and oxygen atoms in total. The number of hydrogen-bond donors (Lipinski definition) is 1. The molecule has 0 aromatic heterocycles. The third-order valence-electron chi connectivity index (χ3n) is 5.17. The number of rotatable bonds is 6. The molecular formula is C24H22FN3O3. The van der Waals surface area contributed by atoms with Crippen molar-refractivity contribution in [1.29, 1.82) is 0 Å². The lowest BCUT2D eigenvalue weighted by Gasteiger charge is -2.17. The number of fused-ring (bicyclic) bond motifs is 1. The van der Waals surface area contributed by atoms with Gasteiger partial charge >= 0.3 is 0 Å². The highest BCUT2D eigenvalue weighted by atomic mass is 19.1. The Labute approximate surface area is 179 Å². The number of benzene rings is 3. The molecule has 31 heavy (non-hydrogen) atoms. The van der Waals surface area contributed by atoms with Crippen LogP contribution in [0.15, 0.2) is 65.8 Å². The number of hydrogen-bond acceptors (Lipinski definition) is 5. The van der Waals surface area contributed by atoms with Crippen molar-refractivity contribution in [1.82, 2.24) is 5.43 Å². The summed E-state index contributed by atoms with van der Waals surface area (Å²) in [6.45, 7) is 1.39. The summed E-state index contributed by atoms with van der Waals surface area (Å²) in [5.41, 5.74) is 7.02. The van der Waals surface area contributed by atoms with Crippen molar-refractivity contribution in [2.24, 2.45) is 5.10 Å². The SMILES string of the molecule is COc1ccc(/C=N/NC(=O)c2ccc3c(c2)CN(c2ccc(F)cc2)C3)cc1OC. The van der Waals surface area contributed by atoms with Crippen LogP contribution in [0.1, 0.15) is 27.0 Å². The van der Waals surface area contributed by atoms with Gasteiger partial charge in [-0.25, -0.2) is 9.82 Å². The number of nitrogens with zero attached hydrogens (tertiary/aromatic N) is 2. The van der Waals surface area contributed by atoms with Crippen molar-refractivity contribution >= 4 is 17.8 Å². The van der Waals surface area contributed by atoms with Crippen LogP contribution in [0.25, 0.3) is 0 Å². The average Bonchev–Trinajstić information content (AvgIpc) is 3.22. The molecule has 0 saturated heterocycles. The first-order valence-electron chi connectivity index (χ1n) is 9.75. The average molecular weight is 419 g/mol. The minimum Gasteiger partial charge on any atom is -0.493 e. The number of carbonyl (C=O) groups excluding carboxylic acids is 1. The fraction of sp³-hybridized carbons (Fsp3) is 0.167. The molecule has 1 amide bonds. The predicted molar refractivity (Wildman–Crippen MR) is 117 cm³/mol. The number of carbonyl (C=O) groups is 1. The van der Waals surface area contributed by atoms with Crippen LogP contribution in [0, 0.1) is 5.82 Å². The Bertz CT molecular complexity index is 1130. The van der Waals surface area contributed by atoms with Gasteiger partial charge in [-0.05, 0) is 71.3 Å². The second kappa shape index (κ2) is 8.87. The summed E-state index contributed by atoms with van der Waals surface area (Å²) in [6, 6.07) is 17.4. The topological polar surface area (TPSA) is 63.2 Å². The van der Waals surface area contributed by atoms with Crippen molar-refractivity contribution in [2.45, 2.75) is 13.1 Å². The molecule has 0 atom stereocenters. The van der Waals surface area contributed by atoms with Crippen LogP contribution >= 0.6 is 0 Å². The highest BCUT2D eigenvalue weighted by molar-refractivity contribution is 5.95. The molecule has 0 spiro atoms. The van der Waals surface area contributed by atoms with Gasteiger partial charge in [-0.15, -0.1) is 0 Å². The quantitative estimate of drug-likeness (QED) is 0.482. The zero-order valence-electron chi connectivity index (χ0n) is 17.3. The number of methoxy groups -OCH3 is 2. The van der Waals surface area contributed by atoms with E-state index in [9.17, 15) is 9.18 Å². The van der Waals surface area contributed by atoms with Gasteiger partial charge in [-0.1, -0.05) is 6.07 Å². The lowest BCUT2D eigenvalue weighted by molar-refractivity contribution is 0.0955. The van der Waals surface area contributed by atoms with Crippen LogP contribution in [0.2, 0.25) is 0 Å². The van der Waals surface area contributed by atoms with E-state index in [0.29, 0.717) is 23.6 Å². The maximum absolute atomic E-state index is 13.2. The molecule has 1 aliphatic heterocycles. The van der Waals surface area contributed by atoms with E-state index in [1.54, 1.807) is 50.8 Å². The highest BCUT2D eigenvalue weighted by Crippen LogP contribution is 2.29.